The maximum absolute atomic E-state index is 5.94. The Labute approximate surface area is 104 Å². The molecule has 0 radical (unpaired) electrons. The average Bonchev–Trinajstić information content (AvgIpc) is 2.76. The molecule has 0 saturated carbocycles. The number of nitrogens with two attached hydrogens (primary N) is 1. The Bertz CT molecular complexity index is 360. The summed E-state index contributed by atoms with van der Waals surface area (Å²) >= 11 is 0. The SMILES string of the molecule is CCn1cc(C2NC(C)CC(C)C2CN)cn1. The van der Waals surface area contributed by atoms with Gasteiger partial charge in [-0.3, -0.25) is 4.68 Å². The van der Waals surface area contributed by atoms with Crippen molar-refractivity contribution in [2.24, 2.45) is 17.6 Å². The van der Waals surface area contributed by atoms with Crippen LogP contribution >= 0.6 is 0 Å². The van der Waals surface area contributed by atoms with E-state index in [2.05, 4.69) is 37.4 Å². The molecule has 1 aromatic rings. The van der Waals surface area contributed by atoms with Gasteiger partial charge in [0.1, 0.15) is 0 Å². The Morgan fingerprint density at radius 3 is 2.88 bits per heavy atom. The molecule has 17 heavy (non-hydrogen) atoms. The molecule has 1 saturated heterocycles. The average molecular weight is 236 g/mol. The molecule has 0 spiro atoms. The lowest BCUT2D eigenvalue weighted by atomic mass is 9.77. The highest BCUT2D eigenvalue weighted by Gasteiger charge is 2.34. The molecule has 4 nitrogen and oxygen atoms in total. The third-order valence-electron chi connectivity index (χ3n) is 3.96. The third kappa shape index (κ3) is 2.53. The highest BCUT2D eigenvalue weighted by molar-refractivity contribution is 5.14. The molecule has 2 rings (SSSR count). The second kappa shape index (κ2) is 5.19. The van der Waals surface area contributed by atoms with Crippen LogP contribution < -0.4 is 11.1 Å². The van der Waals surface area contributed by atoms with E-state index in [0.717, 1.165) is 13.1 Å². The van der Waals surface area contributed by atoms with Gasteiger partial charge in [0.25, 0.3) is 0 Å². The lowest BCUT2D eigenvalue weighted by molar-refractivity contribution is 0.174. The van der Waals surface area contributed by atoms with E-state index in [1.165, 1.54) is 12.0 Å². The van der Waals surface area contributed by atoms with E-state index in [-0.39, 0.29) is 0 Å². The summed E-state index contributed by atoms with van der Waals surface area (Å²) < 4.78 is 1.98. The molecule has 1 aromatic heterocycles. The zero-order valence-electron chi connectivity index (χ0n) is 11.1. The minimum absolute atomic E-state index is 0.360. The van der Waals surface area contributed by atoms with Crippen LogP contribution in [-0.2, 0) is 6.54 Å². The van der Waals surface area contributed by atoms with Gasteiger partial charge in [-0.25, -0.2) is 0 Å². The number of aryl methyl sites for hydroxylation is 1. The highest BCUT2D eigenvalue weighted by atomic mass is 15.3. The Balaban J connectivity index is 2.21. The lowest BCUT2D eigenvalue weighted by Crippen LogP contribution is -2.46. The van der Waals surface area contributed by atoms with Gasteiger partial charge in [-0.05, 0) is 38.6 Å². The van der Waals surface area contributed by atoms with Crippen molar-refractivity contribution in [2.75, 3.05) is 6.54 Å². The van der Waals surface area contributed by atoms with Crippen LogP contribution in [0.25, 0.3) is 0 Å². The quantitative estimate of drug-likeness (QED) is 0.837. The van der Waals surface area contributed by atoms with Gasteiger partial charge in [0.15, 0.2) is 0 Å². The molecule has 0 amide bonds. The molecule has 0 aromatic carbocycles. The number of rotatable bonds is 3. The molecule has 3 N–H and O–H groups in total. The number of nitrogens with one attached hydrogen (secondary N) is 1. The molecule has 4 unspecified atom stereocenters. The lowest BCUT2D eigenvalue weighted by Gasteiger charge is -2.40. The third-order valence-corrected chi connectivity index (χ3v) is 3.96. The van der Waals surface area contributed by atoms with Crippen molar-refractivity contribution in [1.29, 1.82) is 0 Å². The summed E-state index contributed by atoms with van der Waals surface area (Å²) in [5.41, 5.74) is 7.22. The summed E-state index contributed by atoms with van der Waals surface area (Å²) in [6.45, 7) is 8.33. The van der Waals surface area contributed by atoms with Crippen molar-refractivity contribution in [3.05, 3.63) is 18.0 Å². The van der Waals surface area contributed by atoms with E-state index < -0.39 is 0 Å². The summed E-state index contributed by atoms with van der Waals surface area (Å²) in [6.07, 6.45) is 5.33. The number of aromatic nitrogens is 2. The van der Waals surface area contributed by atoms with Crippen LogP contribution in [-0.4, -0.2) is 22.4 Å². The molecule has 1 aliphatic rings. The standard InChI is InChI=1S/C13H24N4/c1-4-17-8-11(7-15-17)13-12(6-14)9(2)5-10(3)16-13/h7-10,12-13,16H,4-6,14H2,1-3H3. The first-order valence-corrected chi connectivity index (χ1v) is 6.64. The van der Waals surface area contributed by atoms with E-state index in [1.54, 1.807) is 0 Å². The first-order valence-electron chi connectivity index (χ1n) is 6.64. The molecule has 1 fully saturated rings. The first-order chi connectivity index (χ1) is 8.15. The van der Waals surface area contributed by atoms with Crippen molar-refractivity contribution in [2.45, 2.75) is 45.8 Å². The van der Waals surface area contributed by atoms with Crippen LogP contribution in [0.2, 0.25) is 0 Å². The highest BCUT2D eigenvalue weighted by Crippen LogP contribution is 2.34. The molecule has 4 atom stereocenters. The topological polar surface area (TPSA) is 55.9 Å². The second-order valence-corrected chi connectivity index (χ2v) is 5.29. The van der Waals surface area contributed by atoms with Crippen molar-refractivity contribution >= 4 is 0 Å². The van der Waals surface area contributed by atoms with Crippen LogP contribution in [0.3, 0.4) is 0 Å². The summed E-state index contributed by atoms with van der Waals surface area (Å²) in [7, 11) is 0. The summed E-state index contributed by atoms with van der Waals surface area (Å²) in [4.78, 5) is 0. The second-order valence-electron chi connectivity index (χ2n) is 5.29. The summed E-state index contributed by atoms with van der Waals surface area (Å²) in [5.74, 6) is 1.19. The van der Waals surface area contributed by atoms with Crippen molar-refractivity contribution < 1.29 is 0 Å². The van der Waals surface area contributed by atoms with Crippen molar-refractivity contribution in [3.63, 3.8) is 0 Å². The first kappa shape index (κ1) is 12.6. The van der Waals surface area contributed by atoms with Gasteiger partial charge in [0.2, 0.25) is 0 Å². The van der Waals surface area contributed by atoms with E-state index in [1.807, 2.05) is 10.9 Å². The van der Waals surface area contributed by atoms with E-state index in [9.17, 15) is 0 Å². The molecular formula is C13H24N4. The van der Waals surface area contributed by atoms with Crippen LogP contribution in [0.4, 0.5) is 0 Å². The maximum atomic E-state index is 5.94. The summed E-state index contributed by atoms with van der Waals surface area (Å²) in [6, 6.07) is 0.918. The zero-order chi connectivity index (χ0) is 12.4. The normalized spacial score (nSPS) is 33.9. The molecule has 1 aliphatic heterocycles. The molecular weight excluding hydrogens is 212 g/mol. The zero-order valence-corrected chi connectivity index (χ0v) is 11.1. The molecule has 0 bridgehead atoms. The van der Waals surface area contributed by atoms with Gasteiger partial charge in [-0.1, -0.05) is 6.92 Å². The largest absolute Gasteiger partial charge is 0.330 e. The van der Waals surface area contributed by atoms with Gasteiger partial charge in [0.05, 0.1) is 6.20 Å². The maximum Gasteiger partial charge on any atom is 0.0537 e. The van der Waals surface area contributed by atoms with E-state index in [0.29, 0.717) is 23.9 Å². The van der Waals surface area contributed by atoms with Crippen LogP contribution in [0.15, 0.2) is 12.4 Å². The Morgan fingerprint density at radius 1 is 1.53 bits per heavy atom. The predicted molar refractivity (Wildman–Crippen MR) is 69.6 cm³/mol. The van der Waals surface area contributed by atoms with Crippen molar-refractivity contribution in [1.82, 2.24) is 15.1 Å². The monoisotopic (exact) mass is 236 g/mol. The minimum atomic E-state index is 0.360. The van der Waals surface area contributed by atoms with Crippen LogP contribution in [0.1, 0.15) is 38.8 Å². The van der Waals surface area contributed by atoms with Gasteiger partial charge in [-0.15, -0.1) is 0 Å². The fourth-order valence-electron chi connectivity index (χ4n) is 2.98. The van der Waals surface area contributed by atoms with E-state index >= 15 is 0 Å². The Morgan fingerprint density at radius 2 is 2.29 bits per heavy atom. The van der Waals surface area contributed by atoms with Gasteiger partial charge < -0.3 is 11.1 Å². The summed E-state index contributed by atoms with van der Waals surface area (Å²) in [5, 5.41) is 8.03. The molecule has 4 heteroatoms. The van der Waals surface area contributed by atoms with Crippen molar-refractivity contribution in [3.8, 4) is 0 Å². The smallest absolute Gasteiger partial charge is 0.0537 e. The minimum Gasteiger partial charge on any atom is -0.330 e. The Kier molecular flexibility index (Phi) is 3.84. The van der Waals surface area contributed by atoms with Crippen LogP contribution in [0.5, 0.6) is 0 Å². The number of hydrogen-bond donors (Lipinski definition) is 2. The van der Waals surface area contributed by atoms with Gasteiger partial charge in [0, 0.05) is 30.4 Å². The molecule has 2 heterocycles. The Hall–Kier alpha value is -0.870. The molecule has 96 valence electrons. The van der Waals surface area contributed by atoms with Crippen LogP contribution in [0, 0.1) is 11.8 Å². The number of hydrogen-bond acceptors (Lipinski definition) is 3. The predicted octanol–water partition coefficient (Wildman–Crippen LogP) is 1.54. The fraction of sp³-hybridized carbons (Fsp3) is 0.769. The fourth-order valence-corrected chi connectivity index (χ4v) is 2.98. The molecule has 0 aliphatic carbocycles. The number of piperidine rings is 1. The van der Waals surface area contributed by atoms with Gasteiger partial charge >= 0.3 is 0 Å². The van der Waals surface area contributed by atoms with Gasteiger partial charge in [-0.2, -0.15) is 5.10 Å². The van der Waals surface area contributed by atoms with E-state index in [4.69, 9.17) is 5.73 Å². The number of nitrogens with zero attached hydrogens (tertiary/aromatic N) is 2.